The molecule has 0 radical (unpaired) electrons. The van der Waals surface area contributed by atoms with Crippen LogP contribution in [0.15, 0.2) is 34.9 Å². The average molecular weight is 375 g/mol. The van der Waals surface area contributed by atoms with Crippen molar-refractivity contribution in [3.05, 3.63) is 52.8 Å². The van der Waals surface area contributed by atoms with Gasteiger partial charge in [-0.2, -0.15) is 0 Å². The molecule has 0 saturated carbocycles. The number of fused-ring (bicyclic) bond motifs is 2. The molecular weight excluding hydrogens is 350 g/mol. The average Bonchev–Trinajstić information content (AvgIpc) is 3.02. The summed E-state index contributed by atoms with van der Waals surface area (Å²) in [6, 6.07) is 10.3. The van der Waals surface area contributed by atoms with Gasteiger partial charge in [0.05, 0.1) is 10.9 Å². The van der Waals surface area contributed by atoms with Crippen LogP contribution < -0.4 is 11.5 Å². The highest BCUT2D eigenvalue weighted by molar-refractivity contribution is 5.90. The van der Waals surface area contributed by atoms with E-state index in [1.807, 2.05) is 19.1 Å². The summed E-state index contributed by atoms with van der Waals surface area (Å²) in [6.45, 7) is 8.51. The zero-order chi connectivity index (χ0) is 20.0. The third-order valence-electron chi connectivity index (χ3n) is 5.34. The van der Waals surface area contributed by atoms with Gasteiger partial charge in [-0.3, -0.25) is 0 Å². The Morgan fingerprint density at radius 3 is 2.50 bits per heavy atom. The van der Waals surface area contributed by atoms with E-state index in [1.54, 1.807) is 0 Å². The number of anilines is 2. The maximum Gasteiger partial charge on any atom is 0.175 e. The Hall–Kier alpha value is -3.15. The summed E-state index contributed by atoms with van der Waals surface area (Å²) < 4.78 is 5.36. The summed E-state index contributed by atoms with van der Waals surface area (Å²) in [5.41, 5.74) is 17.1. The summed E-state index contributed by atoms with van der Waals surface area (Å²) in [6.07, 6.45) is 0.681. The second-order valence-corrected chi connectivity index (χ2v) is 7.84. The minimum atomic E-state index is 0.194. The van der Waals surface area contributed by atoms with Crippen molar-refractivity contribution >= 4 is 33.5 Å². The number of nitrogens with two attached hydrogens (primary N) is 2. The van der Waals surface area contributed by atoms with Gasteiger partial charge in [-0.25, -0.2) is 9.97 Å². The molecule has 0 amide bonds. The maximum atomic E-state index is 6.21. The van der Waals surface area contributed by atoms with Crippen LogP contribution in [0.3, 0.4) is 0 Å². The van der Waals surface area contributed by atoms with E-state index in [0.717, 1.165) is 33.2 Å². The maximum absolute atomic E-state index is 6.21. The molecule has 0 aliphatic carbocycles. The molecule has 1 atom stereocenters. The fourth-order valence-electron chi connectivity index (χ4n) is 3.67. The lowest BCUT2D eigenvalue weighted by Crippen LogP contribution is -2.06. The summed E-state index contributed by atoms with van der Waals surface area (Å²) in [5, 5.41) is 5.65. The number of nitrogen functional groups attached to an aromatic ring is 2. The van der Waals surface area contributed by atoms with Crippen molar-refractivity contribution < 1.29 is 4.52 Å². The number of rotatable bonds is 4. The van der Waals surface area contributed by atoms with Crippen LogP contribution >= 0.6 is 0 Å². The van der Waals surface area contributed by atoms with Crippen molar-refractivity contribution in [3.63, 3.8) is 0 Å². The molecule has 0 fully saturated rings. The Labute approximate surface area is 163 Å². The summed E-state index contributed by atoms with van der Waals surface area (Å²) in [7, 11) is 0. The molecule has 6 heteroatoms. The molecule has 0 aliphatic rings. The molecular formula is C22H25N5O. The number of aromatic nitrogens is 3. The minimum absolute atomic E-state index is 0.194. The zero-order valence-corrected chi connectivity index (χ0v) is 16.7. The van der Waals surface area contributed by atoms with E-state index < -0.39 is 0 Å². The van der Waals surface area contributed by atoms with Crippen LogP contribution in [0.5, 0.6) is 0 Å². The van der Waals surface area contributed by atoms with Crippen molar-refractivity contribution in [1.29, 1.82) is 0 Å². The molecule has 1 unspecified atom stereocenters. The van der Waals surface area contributed by atoms with Gasteiger partial charge in [0.2, 0.25) is 0 Å². The van der Waals surface area contributed by atoms with E-state index in [1.165, 1.54) is 5.56 Å². The normalized spacial score (nSPS) is 12.9. The standard InChI is InChI=1S/C22H25N5O/c1-11(2)14-5-6-16-17(9-14)25-19(26-21(16)23)8-12(3)15-7-13(4)20-18(10-15)28-27-22(20)24/h5-7,9-12H,8H2,1-4H3,(H2,24,27)(H2,23,25,26). The molecule has 0 bridgehead atoms. The Kier molecular flexibility index (Phi) is 4.41. The summed E-state index contributed by atoms with van der Waals surface area (Å²) in [4.78, 5) is 9.33. The van der Waals surface area contributed by atoms with Gasteiger partial charge in [-0.1, -0.05) is 38.1 Å². The first kappa shape index (κ1) is 18.2. The molecule has 4 rings (SSSR count). The van der Waals surface area contributed by atoms with Crippen LogP contribution in [-0.2, 0) is 6.42 Å². The lowest BCUT2D eigenvalue weighted by atomic mass is 9.94. The van der Waals surface area contributed by atoms with E-state index >= 15 is 0 Å². The number of nitrogens with zero attached hydrogens (tertiary/aromatic N) is 3. The first-order valence-electron chi connectivity index (χ1n) is 9.55. The Morgan fingerprint density at radius 2 is 1.75 bits per heavy atom. The largest absolute Gasteiger partial charge is 0.383 e. The highest BCUT2D eigenvalue weighted by Crippen LogP contribution is 2.30. The molecule has 4 N–H and O–H groups in total. The molecule has 144 valence electrons. The lowest BCUT2D eigenvalue weighted by Gasteiger charge is -2.14. The van der Waals surface area contributed by atoms with Gasteiger partial charge in [0.1, 0.15) is 11.6 Å². The van der Waals surface area contributed by atoms with Gasteiger partial charge in [-0.05, 0) is 53.6 Å². The van der Waals surface area contributed by atoms with Gasteiger partial charge in [0, 0.05) is 11.8 Å². The fourth-order valence-corrected chi connectivity index (χ4v) is 3.67. The summed E-state index contributed by atoms with van der Waals surface area (Å²) >= 11 is 0. The molecule has 2 aromatic heterocycles. The van der Waals surface area contributed by atoms with E-state index in [0.29, 0.717) is 29.6 Å². The predicted molar refractivity (Wildman–Crippen MR) is 113 cm³/mol. The molecule has 4 aromatic rings. The third kappa shape index (κ3) is 3.15. The van der Waals surface area contributed by atoms with Crippen LogP contribution in [0.25, 0.3) is 21.9 Å². The van der Waals surface area contributed by atoms with Gasteiger partial charge < -0.3 is 16.0 Å². The second kappa shape index (κ2) is 6.78. The minimum Gasteiger partial charge on any atom is -0.383 e. The van der Waals surface area contributed by atoms with Crippen LogP contribution in [-0.4, -0.2) is 15.1 Å². The smallest absolute Gasteiger partial charge is 0.175 e. The Balaban J connectivity index is 1.69. The molecule has 0 saturated heterocycles. The number of hydrogen-bond acceptors (Lipinski definition) is 6. The topological polar surface area (TPSA) is 104 Å². The molecule has 6 nitrogen and oxygen atoms in total. The molecule has 28 heavy (non-hydrogen) atoms. The first-order chi connectivity index (χ1) is 13.3. The highest BCUT2D eigenvalue weighted by atomic mass is 16.5. The third-order valence-corrected chi connectivity index (χ3v) is 5.34. The van der Waals surface area contributed by atoms with E-state index in [9.17, 15) is 0 Å². The molecule has 2 heterocycles. The lowest BCUT2D eigenvalue weighted by molar-refractivity contribution is 0.460. The Morgan fingerprint density at radius 1 is 0.964 bits per heavy atom. The predicted octanol–water partition coefficient (Wildman–Crippen LogP) is 4.71. The number of benzene rings is 2. The molecule has 2 aromatic carbocycles. The van der Waals surface area contributed by atoms with Crippen LogP contribution in [0.4, 0.5) is 11.6 Å². The quantitative estimate of drug-likeness (QED) is 0.535. The second-order valence-electron chi connectivity index (χ2n) is 7.84. The van der Waals surface area contributed by atoms with Crippen molar-refractivity contribution in [1.82, 2.24) is 15.1 Å². The van der Waals surface area contributed by atoms with Crippen LogP contribution in [0.2, 0.25) is 0 Å². The van der Waals surface area contributed by atoms with E-state index in [2.05, 4.69) is 49.1 Å². The van der Waals surface area contributed by atoms with Gasteiger partial charge in [-0.15, -0.1) is 0 Å². The first-order valence-corrected chi connectivity index (χ1v) is 9.55. The van der Waals surface area contributed by atoms with Crippen molar-refractivity contribution in [2.75, 3.05) is 11.5 Å². The Bertz CT molecular complexity index is 1180. The van der Waals surface area contributed by atoms with E-state index in [-0.39, 0.29) is 5.92 Å². The monoisotopic (exact) mass is 375 g/mol. The van der Waals surface area contributed by atoms with Gasteiger partial charge in [0.15, 0.2) is 11.4 Å². The van der Waals surface area contributed by atoms with Crippen molar-refractivity contribution in [3.8, 4) is 0 Å². The molecule has 0 aliphatic heterocycles. The number of hydrogen-bond donors (Lipinski definition) is 2. The van der Waals surface area contributed by atoms with Crippen LogP contribution in [0.1, 0.15) is 55.1 Å². The van der Waals surface area contributed by atoms with Crippen LogP contribution in [0, 0.1) is 6.92 Å². The van der Waals surface area contributed by atoms with Crippen molar-refractivity contribution in [2.24, 2.45) is 0 Å². The van der Waals surface area contributed by atoms with Crippen molar-refractivity contribution in [2.45, 2.75) is 46.0 Å². The highest BCUT2D eigenvalue weighted by Gasteiger charge is 2.16. The number of aryl methyl sites for hydroxylation is 1. The van der Waals surface area contributed by atoms with E-state index in [4.69, 9.17) is 21.0 Å². The van der Waals surface area contributed by atoms with Gasteiger partial charge >= 0.3 is 0 Å². The zero-order valence-electron chi connectivity index (χ0n) is 16.7. The fraction of sp³-hybridized carbons (Fsp3) is 0.318. The summed E-state index contributed by atoms with van der Waals surface area (Å²) in [5.74, 6) is 2.33. The molecule has 0 spiro atoms. The SMILES string of the molecule is Cc1cc(C(C)Cc2nc(N)c3ccc(C(C)C)cc3n2)cc2onc(N)c12. The van der Waals surface area contributed by atoms with Gasteiger partial charge in [0.25, 0.3) is 0 Å².